The number of rotatable bonds is 4. The number of non-ortho nitro benzene ring substituents is 1. The quantitative estimate of drug-likeness (QED) is 0.446. The van der Waals surface area contributed by atoms with E-state index in [4.69, 9.17) is 0 Å². The molecule has 0 saturated carbocycles. The number of benzene rings is 2. The molecule has 0 aliphatic rings. The molecule has 0 unspecified atom stereocenters. The summed E-state index contributed by atoms with van der Waals surface area (Å²) in [5.41, 5.74) is 1.07. The number of nitro benzene ring substituents is 1. The van der Waals surface area contributed by atoms with Crippen LogP contribution in [0.1, 0.15) is 27.6 Å². The maximum atomic E-state index is 12.7. The number of pyridine rings is 1. The van der Waals surface area contributed by atoms with Gasteiger partial charge in [0.2, 0.25) is 0 Å². The van der Waals surface area contributed by atoms with Crippen LogP contribution in [-0.4, -0.2) is 21.6 Å². The van der Waals surface area contributed by atoms with E-state index in [0.29, 0.717) is 11.3 Å². The third kappa shape index (κ3) is 3.07. The highest BCUT2D eigenvalue weighted by atomic mass is 16.6. The van der Waals surface area contributed by atoms with Gasteiger partial charge in [-0.05, 0) is 37.3 Å². The molecule has 3 aromatic rings. The van der Waals surface area contributed by atoms with Crippen molar-refractivity contribution in [3.63, 3.8) is 0 Å². The Morgan fingerprint density at radius 2 is 1.80 bits per heavy atom. The van der Waals surface area contributed by atoms with Crippen molar-refractivity contribution < 1.29 is 14.5 Å². The predicted octanol–water partition coefficient (Wildman–Crippen LogP) is 3.60. The fraction of sp³-hybridized carbons (Fsp3) is 0.0556. The summed E-state index contributed by atoms with van der Waals surface area (Å²) in [6.07, 6.45) is 1.46. The summed E-state index contributed by atoms with van der Waals surface area (Å²) in [6, 6.07) is 12.4. The zero-order valence-electron chi connectivity index (χ0n) is 13.2. The first-order chi connectivity index (χ1) is 12.0. The van der Waals surface area contributed by atoms with Gasteiger partial charge in [-0.15, -0.1) is 0 Å². The summed E-state index contributed by atoms with van der Waals surface area (Å²) in [5.74, 6) is -0.671. The Labute approximate surface area is 142 Å². The Bertz CT molecular complexity index is 1010. The van der Waals surface area contributed by atoms with Crippen molar-refractivity contribution in [1.82, 2.24) is 4.98 Å². The minimum absolute atomic E-state index is 0.121. The summed E-state index contributed by atoms with van der Waals surface area (Å²) in [6.45, 7) is 1.41. The lowest BCUT2D eigenvalue weighted by Gasteiger charge is -2.10. The third-order valence-corrected chi connectivity index (χ3v) is 3.74. The molecule has 0 aliphatic heterocycles. The summed E-state index contributed by atoms with van der Waals surface area (Å²) < 4.78 is 0. The molecule has 7 nitrogen and oxygen atoms in total. The van der Waals surface area contributed by atoms with Crippen LogP contribution in [0.5, 0.6) is 0 Å². The minimum atomic E-state index is -0.517. The highest BCUT2D eigenvalue weighted by Crippen LogP contribution is 2.27. The fourth-order valence-corrected chi connectivity index (χ4v) is 2.59. The number of carbonyl (C=O) groups is 2. The normalized spacial score (nSPS) is 10.4. The maximum absolute atomic E-state index is 12.7. The van der Waals surface area contributed by atoms with Crippen molar-refractivity contribution in [3.8, 4) is 0 Å². The Morgan fingerprint density at radius 3 is 2.52 bits per heavy atom. The second kappa shape index (κ2) is 6.48. The first-order valence-corrected chi connectivity index (χ1v) is 7.42. The smallest absolute Gasteiger partial charge is 0.278 e. The number of anilines is 1. The number of hydrogen-bond donors (Lipinski definition) is 1. The number of aromatic nitrogens is 1. The molecule has 0 saturated heterocycles. The van der Waals surface area contributed by atoms with Crippen molar-refractivity contribution >= 4 is 34.0 Å². The van der Waals surface area contributed by atoms with Gasteiger partial charge in [-0.2, -0.15) is 0 Å². The lowest BCUT2D eigenvalue weighted by Crippen LogP contribution is -2.15. The molecular weight excluding hydrogens is 322 g/mol. The van der Waals surface area contributed by atoms with Crippen molar-refractivity contribution in [1.29, 1.82) is 0 Å². The molecule has 124 valence electrons. The zero-order valence-corrected chi connectivity index (χ0v) is 13.2. The van der Waals surface area contributed by atoms with E-state index in [9.17, 15) is 19.7 Å². The monoisotopic (exact) mass is 335 g/mol. The summed E-state index contributed by atoms with van der Waals surface area (Å²) >= 11 is 0. The molecule has 0 aliphatic carbocycles. The van der Waals surface area contributed by atoms with Gasteiger partial charge in [0.25, 0.3) is 11.6 Å². The van der Waals surface area contributed by atoms with Crippen LogP contribution in [-0.2, 0) is 0 Å². The lowest BCUT2D eigenvalue weighted by molar-refractivity contribution is -0.383. The highest BCUT2D eigenvalue weighted by molar-refractivity contribution is 6.15. The average molecular weight is 335 g/mol. The molecule has 1 heterocycles. The molecule has 1 aromatic heterocycles. The van der Waals surface area contributed by atoms with Gasteiger partial charge in [-0.3, -0.25) is 24.7 Å². The Hall–Kier alpha value is -3.61. The SMILES string of the molecule is CC(=O)c1ccccc1NC(=O)c1ccc([N+](=O)[O-])c2cccnc12. The number of nitrogens with one attached hydrogen (secondary N) is 1. The Kier molecular flexibility index (Phi) is 4.21. The van der Waals surface area contributed by atoms with Gasteiger partial charge in [-0.25, -0.2) is 0 Å². The number of nitrogens with zero attached hydrogens (tertiary/aromatic N) is 2. The molecule has 3 rings (SSSR count). The fourth-order valence-electron chi connectivity index (χ4n) is 2.59. The van der Waals surface area contributed by atoms with Crippen LogP contribution in [0.25, 0.3) is 10.9 Å². The van der Waals surface area contributed by atoms with Crippen molar-refractivity contribution in [2.45, 2.75) is 6.92 Å². The van der Waals surface area contributed by atoms with E-state index < -0.39 is 10.8 Å². The van der Waals surface area contributed by atoms with E-state index >= 15 is 0 Å². The maximum Gasteiger partial charge on any atom is 0.278 e. The first-order valence-electron chi connectivity index (χ1n) is 7.42. The number of ketones is 1. The molecule has 25 heavy (non-hydrogen) atoms. The van der Waals surface area contributed by atoms with Gasteiger partial charge in [0.05, 0.1) is 27.1 Å². The molecule has 0 fully saturated rings. The number of nitro groups is 1. The number of fused-ring (bicyclic) bond motifs is 1. The van der Waals surface area contributed by atoms with Gasteiger partial charge in [0.15, 0.2) is 5.78 Å². The van der Waals surface area contributed by atoms with Gasteiger partial charge >= 0.3 is 0 Å². The first kappa shape index (κ1) is 16.3. The summed E-state index contributed by atoms with van der Waals surface area (Å²) in [7, 11) is 0. The molecule has 0 bridgehead atoms. The second-order valence-electron chi connectivity index (χ2n) is 5.34. The molecule has 7 heteroatoms. The van der Waals surface area contributed by atoms with E-state index in [1.165, 1.54) is 25.3 Å². The summed E-state index contributed by atoms with van der Waals surface area (Å²) in [4.78, 5) is 39.1. The van der Waals surface area contributed by atoms with Crippen LogP contribution >= 0.6 is 0 Å². The molecule has 0 atom stereocenters. The average Bonchev–Trinajstić information content (AvgIpc) is 2.60. The van der Waals surface area contributed by atoms with Gasteiger partial charge in [0, 0.05) is 17.8 Å². The van der Waals surface area contributed by atoms with Crippen molar-refractivity contribution in [2.24, 2.45) is 0 Å². The van der Waals surface area contributed by atoms with Gasteiger partial charge in [0.1, 0.15) is 0 Å². The van der Waals surface area contributed by atoms with Crippen LogP contribution in [0.15, 0.2) is 54.7 Å². The summed E-state index contributed by atoms with van der Waals surface area (Å²) in [5, 5.41) is 14.1. The minimum Gasteiger partial charge on any atom is -0.321 e. The van der Waals surface area contributed by atoms with E-state index in [0.717, 1.165) is 0 Å². The van der Waals surface area contributed by atoms with Crippen LogP contribution in [0.3, 0.4) is 0 Å². The van der Waals surface area contributed by atoms with Crippen molar-refractivity contribution in [3.05, 3.63) is 76.0 Å². The Morgan fingerprint density at radius 1 is 1.04 bits per heavy atom. The number of Topliss-reactive ketones (excluding diaryl/α,β-unsaturated/α-hetero) is 1. The predicted molar refractivity (Wildman–Crippen MR) is 92.8 cm³/mol. The second-order valence-corrected chi connectivity index (χ2v) is 5.34. The molecule has 1 amide bonds. The topological polar surface area (TPSA) is 102 Å². The molecule has 0 spiro atoms. The Balaban J connectivity index is 2.06. The van der Waals surface area contributed by atoms with Crippen LogP contribution in [0.2, 0.25) is 0 Å². The van der Waals surface area contributed by atoms with Crippen LogP contribution in [0.4, 0.5) is 11.4 Å². The van der Waals surface area contributed by atoms with Crippen LogP contribution < -0.4 is 5.32 Å². The van der Waals surface area contributed by atoms with Crippen LogP contribution in [0, 0.1) is 10.1 Å². The standard InChI is InChI=1S/C18H13N3O4/c1-11(22)12-5-2-3-7-15(12)20-18(23)14-8-9-16(21(24)25)13-6-4-10-19-17(13)14/h2-10H,1H3,(H,20,23). The molecule has 0 radical (unpaired) electrons. The zero-order chi connectivity index (χ0) is 18.0. The number of para-hydroxylation sites is 1. The van der Waals surface area contributed by atoms with Gasteiger partial charge in [-0.1, -0.05) is 12.1 Å². The number of hydrogen-bond acceptors (Lipinski definition) is 5. The van der Waals surface area contributed by atoms with E-state index in [2.05, 4.69) is 10.3 Å². The van der Waals surface area contributed by atoms with E-state index in [1.807, 2.05) is 0 Å². The van der Waals surface area contributed by atoms with Gasteiger partial charge < -0.3 is 5.32 Å². The third-order valence-electron chi connectivity index (χ3n) is 3.74. The van der Waals surface area contributed by atoms with Crippen molar-refractivity contribution in [2.75, 3.05) is 5.32 Å². The number of amides is 1. The molecule has 1 N–H and O–H groups in total. The largest absolute Gasteiger partial charge is 0.321 e. The lowest BCUT2D eigenvalue weighted by atomic mass is 10.1. The molecular formula is C18H13N3O4. The highest BCUT2D eigenvalue weighted by Gasteiger charge is 2.19. The number of carbonyl (C=O) groups excluding carboxylic acids is 2. The van der Waals surface area contributed by atoms with E-state index in [1.54, 1.807) is 36.4 Å². The molecule has 2 aromatic carbocycles. The van der Waals surface area contributed by atoms with E-state index in [-0.39, 0.29) is 27.9 Å².